The van der Waals surface area contributed by atoms with E-state index >= 15 is 0 Å². The number of likely N-dealkylation sites (tertiary alicyclic amines) is 1. The molecule has 0 N–H and O–H groups in total. The van der Waals surface area contributed by atoms with E-state index in [0.717, 1.165) is 54.8 Å². The fraction of sp³-hybridized carbons (Fsp3) is 0.519. The summed E-state index contributed by atoms with van der Waals surface area (Å²) in [5, 5.41) is 1.13. The number of aromatic nitrogens is 2. The van der Waals surface area contributed by atoms with Gasteiger partial charge in [0.1, 0.15) is 17.1 Å². The molecule has 1 amide bonds. The molecule has 2 aliphatic rings. The van der Waals surface area contributed by atoms with Crippen LogP contribution in [0.4, 0.5) is 0 Å². The van der Waals surface area contributed by atoms with Gasteiger partial charge in [0.15, 0.2) is 0 Å². The van der Waals surface area contributed by atoms with Crippen molar-refractivity contribution in [1.82, 2.24) is 19.8 Å². The molecule has 0 radical (unpaired) electrons. The molecule has 0 unspecified atom stereocenters. The highest BCUT2D eigenvalue weighted by molar-refractivity contribution is 5.92. The lowest BCUT2D eigenvalue weighted by Gasteiger charge is -2.36. The standard InChI is InChI=1S/C27H34N4O3/c1-19-15-23(29-26(28-19)27(2)8-10-30(3)11-9-27)25(32)31-12-14-33-18-20(17-31)16-21-5-4-6-24-22(21)7-13-34-24/h4-7,13,15,20H,8-12,14,16-18H2,1-3H3/t20-/m1/s1. The molecule has 2 aromatic heterocycles. The van der Waals surface area contributed by atoms with Crippen LogP contribution in [0.5, 0.6) is 0 Å². The van der Waals surface area contributed by atoms with Crippen LogP contribution in [0.2, 0.25) is 0 Å². The SMILES string of the molecule is Cc1cc(C(=O)N2CCOC[C@H](Cc3cccc4occc34)C2)nc(C2(C)CCN(C)CC2)n1. The molecular weight excluding hydrogens is 428 g/mol. The van der Waals surface area contributed by atoms with Crippen LogP contribution in [0, 0.1) is 12.8 Å². The Hall–Kier alpha value is -2.77. The number of aryl methyl sites for hydroxylation is 1. The van der Waals surface area contributed by atoms with E-state index in [2.05, 4.69) is 24.9 Å². The molecule has 1 aromatic carbocycles. The lowest BCUT2D eigenvalue weighted by molar-refractivity contribution is 0.0730. The van der Waals surface area contributed by atoms with Gasteiger partial charge in [0, 0.05) is 35.5 Å². The lowest BCUT2D eigenvalue weighted by Crippen LogP contribution is -2.41. The highest BCUT2D eigenvalue weighted by Crippen LogP contribution is 2.33. The molecule has 0 spiro atoms. The highest BCUT2D eigenvalue weighted by Gasteiger charge is 2.35. The molecule has 3 aromatic rings. The normalized spacial score (nSPS) is 21.5. The number of carbonyl (C=O) groups excluding carboxylic acids is 1. The van der Waals surface area contributed by atoms with Gasteiger partial charge in [0.2, 0.25) is 0 Å². The van der Waals surface area contributed by atoms with E-state index in [9.17, 15) is 4.79 Å². The van der Waals surface area contributed by atoms with Crippen molar-refractivity contribution in [3.05, 3.63) is 59.4 Å². The number of amides is 1. The van der Waals surface area contributed by atoms with Gasteiger partial charge in [-0.1, -0.05) is 19.1 Å². The van der Waals surface area contributed by atoms with Crippen LogP contribution in [0.1, 0.15) is 47.3 Å². The fourth-order valence-electron chi connectivity index (χ4n) is 5.18. The van der Waals surface area contributed by atoms with Gasteiger partial charge in [-0.2, -0.15) is 0 Å². The smallest absolute Gasteiger partial charge is 0.272 e. The summed E-state index contributed by atoms with van der Waals surface area (Å²) in [4.78, 5) is 27.5. The average molecular weight is 463 g/mol. The van der Waals surface area contributed by atoms with Crippen molar-refractivity contribution in [3.63, 3.8) is 0 Å². The van der Waals surface area contributed by atoms with E-state index in [1.165, 1.54) is 5.56 Å². The second kappa shape index (κ2) is 9.47. The lowest BCUT2D eigenvalue weighted by atomic mass is 9.79. The predicted molar refractivity (Wildman–Crippen MR) is 131 cm³/mol. The minimum absolute atomic E-state index is 0.0275. The van der Waals surface area contributed by atoms with E-state index in [4.69, 9.17) is 19.1 Å². The van der Waals surface area contributed by atoms with Crippen molar-refractivity contribution in [2.45, 2.75) is 38.5 Å². The molecule has 2 fully saturated rings. The molecule has 5 rings (SSSR count). The van der Waals surface area contributed by atoms with Crippen LogP contribution < -0.4 is 0 Å². The highest BCUT2D eigenvalue weighted by atomic mass is 16.5. The first-order valence-corrected chi connectivity index (χ1v) is 12.3. The Morgan fingerprint density at radius 1 is 1.18 bits per heavy atom. The molecule has 7 heteroatoms. The third kappa shape index (κ3) is 4.72. The summed E-state index contributed by atoms with van der Waals surface area (Å²) in [5.41, 5.74) is 3.38. The van der Waals surface area contributed by atoms with Crippen molar-refractivity contribution in [2.24, 2.45) is 5.92 Å². The molecule has 2 saturated heterocycles. The van der Waals surface area contributed by atoms with Crippen molar-refractivity contribution >= 4 is 16.9 Å². The number of benzene rings is 1. The van der Waals surface area contributed by atoms with Crippen molar-refractivity contribution in [2.75, 3.05) is 46.4 Å². The van der Waals surface area contributed by atoms with Gasteiger partial charge in [-0.3, -0.25) is 4.79 Å². The summed E-state index contributed by atoms with van der Waals surface area (Å²) in [6.07, 6.45) is 4.56. The van der Waals surface area contributed by atoms with Crippen molar-refractivity contribution in [1.29, 1.82) is 0 Å². The number of furan rings is 1. The Morgan fingerprint density at radius 3 is 2.82 bits per heavy atom. The van der Waals surface area contributed by atoms with Gasteiger partial charge in [0.05, 0.1) is 19.5 Å². The van der Waals surface area contributed by atoms with E-state index in [0.29, 0.717) is 32.0 Å². The minimum atomic E-state index is -0.0960. The van der Waals surface area contributed by atoms with Crippen LogP contribution in [-0.2, 0) is 16.6 Å². The van der Waals surface area contributed by atoms with Crippen molar-refractivity contribution in [3.8, 4) is 0 Å². The van der Waals surface area contributed by atoms with Gasteiger partial charge >= 0.3 is 0 Å². The zero-order valence-corrected chi connectivity index (χ0v) is 20.4. The second-order valence-electron chi connectivity index (χ2n) is 10.2. The number of fused-ring (bicyclic) bond motifs is 1. The zero-order chi connectivity index (χ0) is 23.7. The van der Waals surface area contributed by atoms with Gasteiger partial charge in [0.25, 0.3) is 5.91 Å². The van der Waals surface area contributed by atoms with Gasteiger partial charge < -0.3 is 19.0 Å². The molecule has 4 heterocycles. The molecule has 1 atom stereocenters. The Bertz CT molecular complexity index is 1170. The number of ether oxygens (including phenoxy) is 1. The third-order valence-corrected chi connectivity index (χ3v) is 7.42. The monoisotopic (exact) mass is 462 g/mol. The summed E-state index contributed by atoms with van der Waals surface area (Å²) in [6.45, 7) is 8.63. The molecule has 0 saturated carbocycles. The minimum Gasteiger partial charge on any atom is -0.464 e. The molecular formula is C27H34N4O3. The fourth-order valence-corrected chi connectivity index (χ4v) is 5.18. The molecule has 0 bridgehead atoms. The van der Waals surface area contributed by atoms with Crippen LogP contribution in [0.15, 0.2) is 41.0 Å². The number of hydrogen-bond acceptors (Lipinski definition) is 6. The topological polar surface area (TPSA) is 71.7 Å². The maximum absolute atomic E-state index is 13.6. The first-order chi connectivity index (χ1) is 16.4. The quantitative estimate of drug-likeness (QED) is 0.587. The first-order valence-electron chi connectivity index (χ1n) is 12.3. The van der Waals surface area contributed by atoms with Gasteiger partial charge in [-0.15, -0.1) is 0 Å². The maximum atomic E-state index is 13.6. The Kier molecular flexibility index (Phi) is 6.40. The average Bonchev–Trinajstić information content (AvgIpc) is 3.20. The Labute approximate surface area is 201 Å². The van der Waals surface area contributed by atoms with E-state index in [1.54, 1.807) is 6.26 Å². The summed E-state index contributed by atoms with van der Waals surface area (Å²) in [6, 6.07) is 9.99. The van der Waals surface area contributed by atoms with Crippen LogP contribution >= 0.6 is 0 Å². The van der Waals surface area contributed by atoms with Gasteiger partial charge in [-0.25, -0.2) is 9.97 Å². The first kappa shape index (κ1) is 23.0. The summed E-state index contributed by atoms with van der Waals surface area (Å²) < 4.78 is 11.5. The molecule has 7 nitrogen and oxygen atoms in total. The predicted octanol–water partition coefficient (Wildman–Crippen LogP) is 3.85. The summed E-state index contributed by atoms with van der Waals surface area (Å²) in [7, 11) is 2.15. The number of hydrogen-bond donors (Lipinski definition) is 0. The number of piperidine rings is 1. The van der Waals surface area contributed by atoms with Gasteiger partial charge in [-0.05, 0) is 70.1 Å². The van der Waals surface area contributed by atoms with E-state index in [1.807, 2.05) is 36.1 Å². The number of nitrogens with zero attached hydrogens (tertiary/aromatic N) is 4. The van der Waals surface area contributed by atoms with E-state index in [-0.39, 0.29) is 17.2 Å². The maximum Gasteiger partial charge on any atom is 0.272 e. The Morgan fingerprint density at radius 2 is 2.00 bits per heavy atom. The third-order valence-electron chi connectivity index (χ3n) is 7.42. The zero-order valence-electron chi connectivity index (χ0n) is 20.4. The number of carbonyl (C=O) groups is 1. The van der Waals surface area contributed by atoms with Crippen LogP contribution in [0.3, 0.4) is 0 Å². The molecule has 34 heavy (non-hydrogen) atoms. The van der Waals surface area contributed by atoms with Crippen molar-refractivity contribution < 1.29 is 13.9 Å². The number of rotatable bonds is 4. The van der Waals surface area contributed by atoms with E-state index < -0.39 is 0 Å². The Balaban J connectivity index is 1.35. The van der Waals surface area contributed by atoms with Crippen LogP contribution in [-0.4, -0.2) is 72.1 Å². The molecule has 0 aliphatic carbocycles. The molecule has 180 valence electrons. The van der Waals surface area contributed by atoms with Crippen LogP contribution in [0.25, 0.3) is 11.0 Å². The summed E-state index contributed by atoms with van der Waals surface area (Å²) >= 11 is 0. The molecule has 2 aliphatic heterocycles. The second-order valence-corrected chi connectivity index (χ2v) is 10.2. The summed E-state index contributed by atoms with van der Waals surface area (Å²) in [5.74, 6) is 0.985. The largest absolute Gasteiger partial charge is 0.464 e.